The predicted molar refractivity (Wildman–Crippen MR) is 138 cm³/mol. The number of aromatic amines is 1. The summed E-state index contributed by atoms with van der Waals surface area (Å²) < 4.78 is 32.1. The molecular weight excluding hydrogens is 460 g/mol. The average molecular weight is 495 g/mol. The molecule has 1 saturated heterocycles. The van der Waals surface area contributed by atoms with Crippen LogP contribution < -0.4 is 4.74 Å². The van der Waals surface area contributed by atoms with Gasteiger partial charge in [0, 0.05) is 30.2 Å². The van der Waals surface area contributed by atoms with Gasteiger partial charge in [0.25, 0.3) is 0 Å². The van der Waals surface area contributed by atoms with Crippen molar-refractivity contribution in [2.45, 2.75) is 67.9 Å². The summed E-state index contributed by atoms with van der Waals surface area (Å²) in [6, 6.07) is 11.5. The van der Waals surface area contributed by atoms with Crippen LogP contribution in [0.15, 0.2) is 47.5 Å². The van der Waals surface area contributed by atoms with Crippen LogP contribution in [0.1, 0.15) is 61.1 Å². The molecule has 186 valence electrons. The molecule has 2 aromatic carbocycles. The molecule has 1 N–H and O–H groups in total. The molecule has 2 heterocycles. The molecule has 2 fully saturated rings. The Morgan fingerprint density at radius 1 is 1.06 bits per heavy atom. The Balaban J connectivity index is 1.39. The Labute approximate surface area is 207 Å². The topological polar surface area (TPSA) is 79.5 Å². The van der Waals surface area contributed by atoms with Gasteiger partial charge in [0.1, 0.15) is 5.75 Å². The highest BCUT2D eigenvalue weighted by atomic mass is 32.2. The molecule has 7 heteroatoms. The monoisotopic (exact) mass is 494 g/mol. The second-order valence-electron chi connectivity index (χ2n) is 10.2. The fraction of sp³-hybridized carbons (Fsp3) is 0.464. The van der Waals surface area contributed by atoms with Crippen molar-refractivity contribution < 1.29 is 17.9 Å². The molecule has 0 atom stereocenters. The number of methoxy groups -OCH3 is 1. The third-order valence-electron chi connectivity index (χ3n) is 8.09. The van der Waals surface area contributed by atoms with E-state index in [1.165, 1.54) is 5.56 Å². The Morgan fingerprint density at radius 3 is 2.46 bits per heavy atom. The lowest BCUT2D eigenvalue weighted by Crippen LogP contribution is -2.54. The zero-order valence-corrected chi connectivity index (χ0v) is 21.6. The van der Waals surface area contributed by atoms with Crippen molar-refractivity contribution in [3.63, 3.8) is 0 Å². The van der Waals surface area contributed by atoms with E-state index in [2.05, 4.69) is 17.2 Å². The number of aryl methyl sites for hydroxylation is 2. The van der Waals surface area contributed by atoms with Crippen LogP contribution in [0.2, 0.25) is 0 Å². The highest BCUT2D eigenvalue weighted by Gasteiger charge is 2.55. The van der Waals surface area contributed by atoms with Crippen LogP contribution in [0.3, 0.4) is 0 Å². The van der Waals surface area contributed by atoms with Gasteiger partial charge in [-0.15, -0.1) is 0 Å². The Kier molecular flexibility index (Phi) is 6.16. The van der Waals surface area contributed by atoms with Gasteiger partial charge in [-0.2, -0.15) is 0 Å². The molecule has 35 heavy (non-hydrogen) atoms. The summed E-state index contributed by atoms with van der Waals surface area (Å²) in [5, 5.41) is 1.15. The zero-order chi connectivity index (χ0) is 24.8. The van der Waals surface area contributed by atoms with E-state index in [0.717, 1.165) is 47.9 Å². The van der Waals surface area contributed by atoms with Crippen molar-refractivity contribution in [2.24, 2.45) is 0 Å². The molecule has 1 aliphatic heterocycles. The largest absolute Gasteiger partial charge is 0.497 e. The minimum atomic E-state index is -3.81. The summed E-state index contributed by atoms with van der Waals surface area (Å²) in [7, 11) is -2.14. The number of benzene rings is 2. The summed E-state index contributed by atoms with van der Waals surface area (Å²) >= 11 is 0. The van der Waals surface area contributed by atoms with Crippen LogP contribution in [0, 0.1) is 13.8 Å². The lowest BCUT2D eigenvalue weighted by Gasteiger charge is -2.38. The maximum atomic E-state index is 14.0. The number of ether oxygens (including phenoxy) is 1. The number of nitrogens with zero attached hydrogens (tertiary/aromatic N) is 1. The molecular formula is C28H34N2O4S. The van der Waals surface area contributed by atoms with Gasteiger partial charge < -0.3 is 14.6 Å². The average Bonchev–Trinajstić information content (AvgIpc) is 3.53. The quantitative estimate of drug-likeness (QED) is 0.523. The molecule has 1 aliphatic carbocycles. The highest BCUT2D eigenvalue weighted by Crippen LogP contribution is 2.44. The molecule has 1 aromatic heterocycles. The Hall–Kier alpha value is -2.80. The number of carbonyl (C=O) groups excluding carboxylic acids is 1. The number of aromatic nitrogens is 1. The van der Waals surface area contributed by atoms with Crippen LogP contribution in [0.25, 0.3) is 10.9 Å². The lowest BCUT2D eigenvalue weighted by molar-refractivity contribution is -0.135. The predicted octanol–water partition coefficient (Wildman–Crippen LogP) is 5.29. The third-order valence-corrected chi connectivity index (χ3v) is 10.7. The van der Waals surface area contributed by atoms with Crippen molar-refractivity contribution >= 4 is 26.6 Å². The minimum absolute atomic E-state index is 0.199. The first-order chi connectivity index (χ1) is 16.8. The Bertz CT molecular complexity index is 1360. The van der Waals surface area contributed by atoms with Gasteiger partial charge in [0.2, 0.25) is 5.91 Å². The highest BCUT2D eigenvalue weighted by molar-refractivity contribution is 7.93. The number of sulfone groups is 1. The molecule has 2 aliphatic rings. The first-order valence-electron chi connectivity index (χ1n) is 12.5. The van der Waals surface area contributed by atoms with E-state index in [-0.39, 0.29) is 5.91 Å². The number of nitrogens with one attached hydrogen (secondary N) is 1. The first kappa shape index (κ1) is 23.9. The number of rotatable bonds is 5. The van der Waals surface area contributed by atoms with Crippen molar-refractivity contribution in [1.82, 2.24) is 9.88 Å². The second-order valence-corrected chi connectivity index (χ2v) is 12.4. The smallest absolute Gasteiger partial charge is 0.244 e. The fourth-order valence-electron chi connectivity index (χ4n) is 6.02. The Morgan fingerprint density at radius 2 is 1.77 bits per heavy atom. The second kappa shape index (κ2) is 9.01. The lowest BCUT2D eigenvalue weighted by atomic mass is 9.88. The SMILES string of the molecule is COc1ccc2[nH]cc(C3CCN(C(=O)C4(S(=O)(=O)c5cc(C)ccc5C)CCCC4)CC3)c2c1. The molecule has 0 unspecified atom stereocenters. The van der Waals surface area contributed by atoms with E-state index in [4.69, 9.17) is 4.74 Å². The van der Waals surface area contributed by atoms with Crippen molar-refractivity contribution in [2.75, 3.05) is 20.2 Å². The third kappa shape index (κ3) is 3.94. The van der Waals surface area contributed by atoms with Gasteiger partial charge in [0.15, 0.2) is 14.6 Å². The van der Waals surface area contributed by atoms with Crippen molar-refractivity contribution in [3.8, 4) is 5.75 Å². The van der Waals surface area contributed by atoms with Crippen LogP contribution in [0.4, 0.5) is 0 Å². The normalized spacial score (nSPS) is 18.8. The van der Waals surface area contributed by atoms with E-state index >= 15 is 0 Å². The summed E-state index contributed by atoms with van der Waals surface area (Å²) in [6.07, 6.45) is 6.04. The molecule has 0 spiro atoms. The van der Waals surface area contributed by atoms with E-state index in [1.54, 1.807) is 13.2 Å². The molecule has 0 bridgehead atoms. The van der Waals surface area contributed by atoms with E-state index in [9.17, 15) is 13.2 Å². The summed E-state index contributed by atoms with van der Waals surface area (Å²) in [6.45, 7) is 4.86. The van der Waals surface area contributed by atoms with E-state index in [0.29, 0.717) is 42.3 Å². The number of hydrogen-bond donors (Lipinski definition) is 1. The number of H-pyrrole nitrogens is 1. The summed E-state index contributed by atoms with van der Waals surface area (Å²) in [4.78, 5) is 19.4. The van der Waals surface area contributed by atoms with Crippen LogP contribution in [-0.2, 0) is 14.6 Å². The molecule has 3 aromatic rings. The minimum Gasteiger partial charge on any atom is -0.497 e. The number of piperidine rings is 1. The first-order valence-corrected chi connectivity index (χ1v) is 14.0. The summed E-state index contributed by atoms with van der Waals surface area (Å²) in [5.41, 5.74) is 3.92. The molecule has 1 amide bonds. The molecule has 5 rings (SSSR count). The fourth-order valence-corrected chi connectivity index (χ4v) is 8.46. The maximum Gasteiger partial charge on any atom is 0.244 e. The molecule has 1 saturated carbocycles. The van der Waals surface area contributed by atoms with Crippen molar-refractivity contribution in [1.29, 1.82) is 0 Å². The van der Waals surface area contributed by atoms with Crippen LogP contribution >= 0.6 is 0 Å². The van der Waals surface area contributed by atoms with Gasteiger partial charge in [-0.25, -0.2) is 8.42 Å². The standard InChI is InChI=1S/C28H34N2O4S/c1-19-6-7-20(2)26(16-19)35(32,33)28(12-4-5-13-28)27(31)30-14-10-21(11-15-30)24-18-29-25-9-8-22(34-3)17-23(24)25/h6-9,16-18,21,29H,4-5,10-15H2,1-3H3. The van der Waals surface area contributed by atoms with Gasteiger partial charge in [-0.05, 0) is 86.4 Å². The van der Waals surface area contributed by atoms with Gasteiger partial charge >= 0.3 is 0 Å². The van der Waals surface area contributed by atoms with Gasteiger partial charge in [-0.3, -0.25) is 4.79 Å². The number of likely N-dealkylation sites (tertiary alicyclic amines) is 1. The van der Waals surface area contributed by atoms with E-state index < -0.39 is 14.6 Å². The van der Waals surface area contributed by atoms with Crippen molar-refractivity contribution in [3.05, 3.63) is 59.3 Å². The number of amides is 1. The number of fused-ring (bicyclic) bond motifs is 1. The zero-order valence-electron chi connectivity index (χ0n) is 20.8. The summed E-state index contributed by atoms with van der Waals surface area (Å²) in [5.74, 6) is 0.941. The number of carbonyl (C=O) groups is 1. The van der Waals surface area contributed by atoms with Crippen LogP contribution in [-0.4, -0.2) is 49.2 Å². The van der Waals surface area contributed by atoms with Gasteiger partial charge in [0.05, 0.1) is 12.0 Å². The van der Waals surface area contributed by atoms with E-state index in [1.807, 2.05) is 43.0 Å². The molecule has 0 radical (unpaired) electrons. The van der Waals surface area contributed by atoms with Crippen LogP contribution in [0.5, 0.6) is 5.75 Å². The maximum absolute atomic E-state index is 14.0. The molecule has 6 nitrogen and oxygen atoms in total. The number of hydrogen-bond acceptors (Lipinski definition) is 4. The van der Waals surface area contributed by atoms with Gasteiger partial charge in [-0.1, -0.05) is 25.0 Å².